The van der Waals surface area contributed by atoms with Gasteiger partial charge in [-0.1, -0.05) is 6.07 Å². The normalized spacial score (nSPS) is 23.2. The Balaban J connectivity index is 1.77. The lowest BCUT2D eigenvalue weighted by molar-refractivity contribution is -0.384. The fourth-order valence-corrected chi connectivity index (χ4v) is 3.69. The summed E-state index contributed by atoms with van der Waals surface area (Å²) in [5.74, 6) is -1.53. The van der Waals surface area contributed by atoms with Crippen LogP contribution in [0.25, 0.3) is 0 Å². The van der Waals surface area contributed by atoms with Crippen molar-refractivity contribution in [3.8, 4) is 5.75 Å². The first-order chi connectivity index (χ1) is 11.9. The van der Waals surface area contributed by atoms with Crippen molar-refractivity contribution in [2.45, 2.75) is 12.5 Å². The molecule has 10 heteroatoms. The van der Waals surface area contributed by atoms with Gasteiger partial charge in [-0.3, -0.25) is 19.2 Å². The van der Waals surface area contributed by atoms with Crippen LogP contribution in [-0.4, -0.2) is 11.5 Å². The molecule has 7 nitrogen and oxygen atoms in total. The number of nitro groups is 1. The van der Waals surface area contributed by atoms with Crippen molar-refractivity contribution in [1.82, 2.24) is 0 Å². The number of halogens is 2. The highest BCUT2D eigenvalue weighted by atomic mass is 31.2. The summed E-state index contributed by atoms with van der Waals surface area (Å²) in [7, 11) is -4.06. The highest BCUT2D eigenvalue weighted by Crippen LogP contribution is 2.56. The van der Waals surface area contributed by atoms with Crippen LogP contribution in [-0.2, 0) is 13.6 Å². The van der Waals surface area contributed by atoms with E-state index in [-0.39, 0.29) is 30.0 Å². The molecular formula is C15H12F2NO6P. The fraction of sp³-hybridized carbons (Fsp3) is 0.200. The summed E-state index contributed by atoms with van der Waals surface area (Å²) in [6.07, 6.45) is -0.728. The van der Waals surface area contributed by atoms with Crippen LogP contribution in [0, 0.1) is 21.7 Å². The average molecular weight is 371 g/mol. The summed E-state index contributed by atoms with van der Waals surface area (Å²) in [6.45, 7) is -0.0221. The Labute approximate surface area is 140 Å². The lowest BCUT2D eigenvalue weighted by atomic mass is 10.1. The Bertz CT molecular complexity index is 844. The molecule has 2 unspecified atom stereocenters. The molecule has 1 aliphatic heterocycles. The van der Waals surface area contributed by atoms with E-state index in [1.807, 2.05) is 0 Å². The Kier molecular flexibility index (Phi) is 4.80. The number of hydrogen-bond acceptors (Lipinski definition) is 6. The number of nitrogens with zero attached hydrogens (tertiary/aromatic N) is 1. The van der Waals surface area contributed by atoms with Gasteiger partial charge in [0.2, 0.25) is 0 Å². The quantitative estimate of drug-likeness (QED) is 0.445. The van der Waals surface area contributed by atoms with Crippen molar-refractivity contribution in [1.29, 1.82) is 0 Å². The minimum atomic E-state index is -4.06. The highest BCUT2D eigenvalue weighted by Gasteiger charge is 2.38. The molecule has 1 heterocycles. The summed E-state index contributed by atoms with van der Waals surface area (Å²) in [6, 6.07) is 7.80. The van der Waals surface area contributed by atoms with Gasteiger partial charge in [-0.25, -0.2) is 13.3 Å². The van der Waals surface area contributed by atoms with E-state index < -0.39 is 30.5 Å². The number of non-ortho nitro benzene ring substituents is 1. The van der Waals surface area contributed by atoms with Gasteiger partial charge >= 0.3 is 7.82 Å². The zero-order chi connectivity index (χ0) is 18.0. The van der Waals surface area contributed by atoms with Crippen LogP contribution in [0.1, 0.15) is 18.1 Å². The molecule has 0 radical (unpaired) electrons. The Hall–Kier alpha value is -2.35. The largest absolute Gasteiger partial charge is 0.530 e. The van der Waals surface area contributed by atoms with Gasteiger partial charge < -0.3 is 4.52 Å². The summed E-state index contributed by atoms with van der Waals surface area (Å²) in [4.78, 5) is 10.0. The second-order valence-electron chi connectivity index (χ2n) is 5.17. The van der Waals surface area contributed by atoms with Crippen molar-refractivity contribution in [3.05, 3.63) is 69.8 Å². The number of rotatable bonds is 4. The maximum Gasteiger partial charge on any atom is 0.530 e. The van der Waals surface area contributed by atoms with Crippen molar-refractivity contribution >= 4 is 13.5 Å². The van der Waals surface area contributed by atoms with E-state index in [2.05, 4.69) is 0 Å². The molecule has 0 spiro atoms. The minimum Gasteiger partial charge on any atom is -0.404 e. The third-order valence-electron chi connectivity index (χ3n) is 3.46. The molecule has 2 atom stereocenters. The van der Waals surface area contributed by atoms with Crippen molar-refractivity contribution < 1.29 is 31.8 Å². The number of benzene rings is 2. The fourth-order valence-electron chi connectivity index (χ4n) is 2.29. The first-order valence-electron chi connectivity index (χ1n) is 7.18. The number of hydrogen-bond donors (Lipinski definition) is 0. The molecule has 132 valence electrons. The maximum atomic E-state index is 13.9. The van der Waals surface area contributed by atoms with Gasteiger partial charge in [-0.05, 0) is 18.2 Å². The smallest absolute Gasteiger partial charge is 0.404 e. The van der Waals surface area contributed by atoms with Crippen LogP contribution in [0.5, 0.6) is 5.75 Å². The van der Waals surface area contributed by atoms with Gasteiger partial charge in [0, 0.05) is 30.2 Å². The Morgan fingerprint density at radius 3 is 2.56 bits per heavy atom. The monoisotopic (exact) mass is 371 g/mol. The van der Waals surface area contributed by atoms with E-state index in [1.165, 1.54) is 30.3 Å². The first-order valence-corrected chi connectivity index (χ1v) is 8.64. The predicted octanol–water partition coefficient (Wildman–Crippen LogP) is 4.54. The van der Waals surface area contributed by atoms with Gasteiger partial charge in [0.15, 0.2) is 0 Å². The van der Waals surface area contributed by atoms with Crippen molar-refractivity contribution in [3.63, 3.8) is 0 Å². The number of phosphoric acid groups is 1. The lowest BCUT2D eigenvalue weighted by Crippen LogP contribution is -2.17. The Morgan fingerprint density at radius 1 is 1.20 bits per heavy atom. The molecule has 0 aromatic heterocycles. The zero-order valence-electron chi connectivity index (χ0n) is 12.6. The van der Waals surface area contributed by atoms with Crippen LogP contribution in [0.4, 0.5) is 14.5 Å². The standard InChI is InChI=1S/C15H12F2NO6P/c16-10-1-6-13(14(17)9-10)15-7-8-22-25(21,24-15)23-12-4-2-11(3-5-12)18(19)20/h1-6,9,15H,7-8H2. The third-order valence-corrected chi connectivity index (χ3v) is 4.91. The molecule has 0 N–H and O–H groups in total. The van der Waals surface area contributed by atoms with Gasteiger partial charge in [0.1, 0.15) is 23.5 Å². The summed E-state index contributed by atoms with van der Waals surface area (Å²) in [5.41, 5.74) is -0.125. The molecule has 25 heavy (non-hydrogen) atoms. The lowest BCUT2D eigenvalue weighted by Gasteiger charge is -2.29. The second kappa shape index (κ2) is 6.87. The highest BCUT2D eigenvalue weighted by molar-refractivity contribution is 7.49. The molecule has 2 aromatic rings. The van der Waals surface area contributed by atoms with Gasteiger partial charge in [0.25, 0.3) is 5.69 Å². The molecule has 0 aliphatic carbocycles. The van der Waals surface area contributed by atoms with Gasteiger partial charge in [-0.15, -0.1) is 0 Å². The van der Waals surface area contributed by atoms with Gasteiger partial charge in [0.05, 0.1) is 11.5 Å². The molecule has 1 saturated heterocycles. The molecule has 1 fully saturated rings. The van der Waals surface area contributed by atoms with Crippen LogP contribution in [0.3, 0.4) is 0 Å². The van der Waals surface area contributed by atoms with Crippen molar-refractivity contribution in [2.24, 2.45) is 0 Å². The molecule has 0 amide bonds. The van der Waals surface area contributed by atoms with Crippen LogP contribution < -0.4 is 4.52 Å². The van der Waals surface area contributed by atoms with Crippen molar-refractivity contribution in [2.75, 3.05) is 6.61 Å². The number of phosphoric ester groups is 1. The van der Waals surface area contributed by atoms with Crippen LogP contribution in [0.15, 0.2) is 42.5 Å². The van der Waals surface area contributed by atoms with Gasteiger partial charge in [-0.2, -0.15) is 0 Å². The molecule has 0 saturated carbocycles. The van der Waals surface area contributed by atoms with E-state index in [1.54, 1.807) is 0 Å². The van der Waals surface area contributed by atoms with E-state index in [9.17, 15) is 23.5 Å². The maximum absolute atomic E-state index is 13.9. The summed E-state index contributed by atoms with van der Waals surface area (Å²) < 4.78 is 55.0. The predicted molar refractivity (Wildman–Crippen MR) is 82.1 cm³/mol. The summed E-state index contributed by atoms with van der Waals surface area (Å²) in [5, 5.41) is 10.6. The minimum absolute atomic E-state index is 0.0221. The molecule has 3 rings (SSSR count). The molecule has 2 aromatic carbocycles. The second-order valence-corrected chi connectivity index (χ2v) is 6.72. The summed E-state index contributed by atoms with van der Waals surface area (Å²) >= 11 is 0. The first kappa shape index (κ1) is 17.5. The Morgan fingerprint density at radius 2 is 1.92 bits per heavy atom. The van der Waals surface area contributed by atoms with Crippen LogP contribution >= 0.6 is 7.82 Å². The SMILES string of the molecule is O=[N+]([O-])c1ccc(OP2(=O)OCCC(c3ccc(F)cc3F)O2)cc1. The molecule has 0 bridgehead atoms. The van der Waals surface area contributed by atoms with E-state index >= 15 is 0 Å². The average Bonchev–Trinajstić information content (AvgIpc) is 2.55. The number of nitro benzene ring substituents is 1. The van der Waals surface area contributed by atoms with E-state index in [4.69, 9.17) is 13.6 Å². The molecular weight excluding hydrogens is 359 g/mol. The van der Waals surface area contributed by atoms with E-state index in [0.29, 0.717) is 6.07 Å². The zero-order valence-corrected chi connectivity index (χ0v) is 13.5. The third kappa shape index (κ3) is 4.01. The molecule has 1 aliphatic rings. The topological polar surface area (TPSA) is 87.9 Å². The van der Waals surface area contributed by atoms with E-state index in [0.717, 1.165) is 6.07 Å². The van der Waals surface area contributed by atoms with Crippen LogP contribution in [0.2, 0.25) is 0 Å².